The summed E-state index contributed by atoms with van der Waals surface area (Å²) in [5.74, 6) is 0.494. The Morgan fingerprint density at radius 3 is 2.43 bits per heavy atom. The fraction of sp³-hybridized carbons (Fsp3) is 0.370. The van der Waals surface area contributed by atoms with E-state index in [0.717, 1.165) is 61.8 Å². The summed E-state index contributed by atoms with van der Waals surface area (Å²) in [6.45, 7) is 8.83. The molecule has 1 aromatic heterocycles. The molecular formula is C27H32N6O2. The van der Waals surface area contributed by atoms with E-state index in [1.807, 2.05) is 30.3 Å². The van der Waals surface area contributed by atoms with Crippen molar-refractivity contribution >= 4 is 28.9 Å². The molecule has 2 N–H and O–H groups in total. The minimum atomic E-state index is -0.0643. The van der Waals surface area contributed by atoms with Gasteiger partial charge in [-0.05, 0) is 55.4 Å². The van der Waals surface area contributed by atoms with Gasteiger partial charge in [-0.3, -0.25) is 4.79 Å². The molecule has 2 aliphatic heterocycles. The average Bonchev–Trinajstić information content (AvgIpc) is 3.45. The molecule has 5 rings (SSSR count). The molecule has 2 fully saturated rings. The van der Waals surface area contributed by atoms with E-state index in [2.05, 4.69) is 61.6 Å². The molecule has 35 heavy (non-hydrogen) atoms. The van der Waals surface area contributed by atoms with Gasteiger partial charge in [0.15, 0.2) is 0 Å². The molecule has 3 heterocycles. The lowest BCUT2D eigenvalue weighted by molar-refractivity contribution is -0.119. The van der Waals surface area contributed by atoms with Crippen LogP contribution in [0.5, 0.6) is 0 Å². The van der Waals surface area contributed by atoms with Crippen LogP contribution < -0.4 is 15.5 Å². The Morgan fingerprint density at radius 1 is 1.00 bits per heavy atom. The second-order valence-corrected chi connectivity index (χ2v) is 8.99. The Hall–Kier alpha value is -3.49. The van der Waals surface area contributed by atoms with Crippen LogP contribution in [-0.2, 0) is 9.53 Å². The number of amides is 1. The number of anilines is 4. The van der Waals surface area contributed by atoms with Crippen LogP contribution in [0.3, 0.4) is 0 Å². The molecule has 8 nitrogen and oxygen atoms in total. The van der Waals surface area contributed by atoms with Crippen LogP contribution in [-0.4, -0.2) is 66.7 Å². The number of rotatable bonds is 7. The summed E-state index contributed by atoms with van der Waals surface area (Å²) >= 11 is 0. The zero-order valence-electron chi connectivity index (χ0n) is 20.1. The molecule has 3 aromatic rings. The van der Waals surface area contributed by atoms with E-state index in [1.54, 1.807) is 6.20 Å². The lowest BCUT2D eigenvalue weighted by Crippen LogP contribution is -2.46. The van der Waals surface area contributed by atoms with Crippen LogP contribution in [0, 0.1) is 5.92 Å². The number of nitrogens with zero attached hydrogens (tertiary/aromatic N) is 4. The number of carbonyl (C=O) groups excluding carboxylic acids is 1. The van der Waals surface area contributed by atoms with Crippen molar-refractivity contribution in [3.63, 3.8) is 0 Å². The third kappa shape index (κ3) is 5.78. The largest absolute Gasteiger partial charge is 0.381 e. The summed E-state index contributed by atoms with van der Waals surface area (Å²) in [5, 5.41) is 6.28. The van der Waals surface area contributed by atoms with E-state index in [0.29, 0.717) is 19.2 Å². The SMILES string of the molecule is CCN1CCN(c2ccc(Nc3nccc(-c4ccc(NC(=O)C5CCOC5)cc4)n3)cc2)CC1. The molecule has 0 aliphatic carbocycles. The number of hydrogen-bond donors (Lipinski definition) is 2. The average molecular weight is 473 g/mol. The van der Waals surface area contributed by atoms with E-state index in [4.69, 9.17) is 4.74 Å². The van der Waals surface area contributed by atoms with E-state index in [-0.39, 0.29) is 11.8 Å². The smallest absolute Gasteiger partial charge is 0.229 e. The molecule has 0 saturated carbocycles. The first-order chi connectivity index (χ1) is 17.2. The first-order valence-corrected chi connectivity index (χ1v) is 12.3. The van der Waals surface area contributed by atoms with E-state index < -0.39 is 0 Å². The minimum Gasteiger partial charge on any atom is -0.381 e. The predicted octanol–water partition coefficient (Wildman–Crippen LogP) is 4.00. The first-order valence-electron chi connectivity index (χ1n) is 12.3. The third-order valence-corrected chi connectivity index (χ3v) is 6.71. The molecule has 1 amide bonds. The summed E-state index contributed by atoms with van der Waals surface area (Å²) in [4.78, 5) is 26.3. The van der Waals surface area contributed by atoms with Crippen molar-refractivity contribution in [3.8, 4) is 11.3 Å². The van der Waals surface area contributed by atoms with E-state index in [1.165, 1.54) is 5.69 Å². The second kappa shape index (κ2) is 10.8. The van der Waals surface area contributed by atoms with E-state index >= 15 is 0 Å². The van der Waals surface area contributed by atoms with Crippen LogP contribution in [0.15, 0.2) is 60.8 Å². The van der Waals surface area contributed by atoms with Gasteiger partial charge < -0.3 is 25.2 Å². The maximum Gasteiger partial charge on any atom is 0.229 e. The van der Waals surface area contributed by atoms with E-state index in [9.17, 15) is 4.79 Å². The zero-order chi connectivity index (χ0) is 24.0. The van der Waals surface area contributed by atoms with Gasteiger partial charge in [-0.25, -0.2) is 9.97 Å². The van der Waals surface area contributed by atoms with Gasteiger partial charge in [0.05, 0.1) is 18.2 Å². The van der Waals surface area contributed by atoms with Gasteiger partial charge in [0, 0.05) is 61.6 Å². The highest BCUT2D eigenvalue weighted by molar-refractivity contribution is 5.93. The third-order valence-electron chi connectivity index (χ3n) is 6.71. The van der Waals surface area contributed by atoms with Gasteiger partial charge in [0.2, 0.25) is 11.9 Å². The van der Waals surface area contributed by atoms with Crippen molar-refractivity contribution in [1.29, 1.82) is 0 Å². The van der Waals surface area contributed by atoms with Crippen molar-refractivity contribution < 1.29 is 9.53 Å². The number of hydrogen-bond acceptors (Lipinski definition) is 7. The molecule has 2 aromatic carbocycles. The Balaban J connectivity index is 1.20. The molecule has 2 aliphatic rings. The highest BCUT2D eigenvalue weighted by Crippen LogP contribution is 2.24. The Kier molecular flexibility index (Phi) is 7.20. The number of aromatic nitrogens is 2. The molecular weight excluding hydrogens is 440 g/mol. The van der Waals surface area contributed by atoms with Gasteiger partial charge >= 0.3 is 0 Å². The van der Waals surface area contributed by atoms with Crippen molar-refractivity contribution in [2.24, 2.45) is 5.92 Å². The minimum absolute atomic E-state index is 0.0120. The fourth-order valence-corrected chi connectivity index (χ4v) is 4.50. The quantitative estimate of drug-likeness (QED) is 0.538. The molecule has 2 saturated heterocycles. The second-order valence-electron chi connectivity index (χ2n) is 8.99. The number of likely N-dealkylation sites (N-methyl/N-ethyl adjacent to an activating group) is 1. The lowest BCUT2D eigenvalue weighted by Gasteiger charge is -2.35. The standard InChI is InChI=1S/C27H32N6O2/c1-2-32-14-16-33(17-15-32)24-9-7-23(8-10-24)30-27-28-13-11-25(31-27)20-3-5-22(6-4-20)29-26(34)21-12-18-35-19-21/h3-11,13,21H,2,12,14-19H2,1H3,(H,29,34)(H,28,30,31). The molecule has 182 valence electrons. The van der Waals surface area contributed by atoms with Crippen molar-refractivity contribution in [3.05, 3.63) is 60.8 Å². The zero-order valence-corrected chi connectivity index (χ0v) is 20.1. The van der Waals surface area contributed by atoms with Crippen LogP contribution in [0.1, 0.15) is 13.3 Å². The van der Waals surface area contributed by atoms with Crippen LogP contribution >= 0.6 is 0 Å². The number of nitrogens with one attached hydrogen (secondary N) is 2. The van der Waals surface area contributed by atoms with Gasteiger partial charge in [0.1, 0.15) is 0 Å². The maximum atomic E-state index is 12.3. The van der Waals surface area contributed by atoms with Crippen LogP contribution in [0.2, 0.25) is 0 Å². The van der Waals surface area contributed by atoms with Gasteiger partial charge in [-0.15, -0.1) is 0 Å². The first kappa shape index (κ1) is 23.3. The summed E-state index contributed by atoms with van der Waals surface area (Å²) in [7, 11) is 0. The summed E-state index contributed by atoms with van der Waals surface area (Å²) in [5.41, 5.74) is 4.74. The molecule has 0 spiro atoms. The van der Waals surface area contributed by atoms with Gasteiger partial charge in [-0.2, -0.15) is 0 Å². The fourth-order valence-electron chi connectivity index (χ4n) is 4.50. The normalized spacial score (nSPS) is 18.4. The van der Waals surface area contributed by atoms with Crippen LogP contribution in [0.25, 0.3) is 11.3 Å². The summed E-state index contributed by atoms with van der Waals surface area (Å²) < 4.78 is 5.30. The van der Waals surface area contributed by atoms with Crippen molar-refractivity contribution in [1.82, 2.24) is 14.9 Å². The summed E-state index contributed by atoms with van der Waals surface area (Å²) in [6, 6.07) is 18.0. The Bertz CT molecular complexity index is 1120. The maximum absolute atomic E-state index is 12.3. The van der Waals surface area contributed by atoms with Gasteiger partial charge in [-0.1, -0.05) is 19.1 Å². The van der Waals surface area contributed by atoms with Crippen molar-refractivity contribution in [2.45, 2.75) is 13.3 Å². The number of carbonyl (C=O) groups is 1. The number of benzene rings is 2. The monoisotopic (exact) mass is 472 g/mol. The molecule has 0 radical (unpaired) electrons. The molecule has 8 heteroatoms. The highest BCUT2D eigenvalue weighted by Gasteiger charge is 2.23. The van der Waals surface area contributed by atoms with Crippen molar-refractivity contribution in [2.75, 3.05) is 61.5 Å². The topological polar surface area (TPSA) is 82.6 Å². The highest BCUT2D eigenvalue weighted by atomic mass is 16.5. The molecule has 0 bridgehead atoms. The Morgan fingerprint density at radius 2 is 1.74 bits per heavy atom. The Labute approximate surface area is 206 Å². The summed E-state index contributed by atoms with van der Waals surface area (Å²) in [6.07, 6.45) is 2.53. The van der Waals surface area contributed by atoms with Gasteiger partial charge in [0.25, 0.3) is 0 Å². The molecule has 1 unspecified atom stereocenters. The van der Waals surface area contributed by atoms with Crippen LogP contribution in [0.4, 0.5) is 23.0 Å². The number of ether oxygens (including phenoxy) is 1. The predicted molar refractivity (Wildman–Crippen MR) is 139 cm³/mol. The molecule has 1 atom stereocenters. The number of piperazine rings is 1. The lowest BCUT2D eigenvalue weighted by atomic mass is 10.1.